The lowest BCUT2D eigenvalue weighted by atomic mass is 9.76. The van der Waals surface area contributed by atoms with Crippen LogP contribution in [0.15, 0.2) is 18.2 Å². The average Bonchev–Trinajstić information content (AvgIpc) is 3.11. The molecule has 2 aliphatic heterocycles. The zero-order valence-electron chi connectivity index (χ0n) is 14.7. The predicted molar refractivity (Wildman–Crippen MR) is 93.9 cm³/mol. The van der Waals surface area contributed by atoms with Crippen molar-refractivity contribution in [2.24, 2.45) is 0 Å². The van der Waals surface area contributed by atoms with Crippen LogP contribution >= 0.6 is 0 Å². The maximum absolute atomic E-state index is 5.90. The van der Waals surface area contributed by atoms with Crippen LogP contribution in [-0.2, 0) is 12.8 Å². The number of methoxy groups -OCH3 is 2. The SMILES string of the molecule is COc1ccc(OC)c2c1C[C@@H]1c3c(cc4c(c3-2)OCO4)CCN1C. The maximum atomic E-state index is 5.90. The number of rotatable bonds is 2. The summed E-state index contributed by atoms with van der Waals surface area (Å²) in [6, 6.07) is 6.46. The second-order valence-corrected chi connectivity index (χ2v) is 6.83. The third kappa shape index (κ3) is 1.93. The van der Waals surface area contributed by atoms with Gasteiger partial charge in [-0.2, -0.15) is 0 Å². The number of ether oxygens (including phenoxy) is 4. The fourth-order valence-corrected chi connectivity index (χ4v) is 4.52. The molecule has 2 heterocycles. The Morgan fingerprint density at radius 3 is 2.68 bits per heavy atom. The molecule has 1 aliphatic carbocycles. The van der Waals surface area contributed by atoms with Crippen LogP contribution in [0.3, 0.4) is 0 Å². The van der Waals surface area contributed by atoms with Crippen LogP contribution in [-0.4, -0.2) is 39.5 Å². The molecular weight excluding hydrogens is 318 g/mol. The molecule has 0 saturated heterocycles. The summed E-state index contributed by atoms with van der Waals surface area (Å²) in [5.74, 6) is 3.44. The van der Waals surface area contributed by atoms with Gasteiger partial charge in [0.15, 0.2) is 11.5 Å². The van der Waals surface area contributed by atoms with E-state index in [1.807, 2.05) is 12.1 Å². The molecule has 5 nitrogen and oxygen atoms in total. The summed E-state index contributed by atoms with van der Waals surface area (Å²) < 4.78 is 23.0. The molecule has 3 aliphatic rings. The molecule has 0 amide bonds. The van der Waals surface area contributed by atoms with E-state index in [2.05, 4.69) is 18.0 Å². The second kappa shape index (κ2) is 5.30. The Kier molecular flexibility index (Phi) is 3.16. The quantitative estimate of drug-likeness (QED) is 0.840. The van der Waals surface area contributed by atoms with Crippen LogP contribution in [0.25, 0.3) is 11.1 Å². The van der Waals surface area contributed by atoms with E-state index in [-0.39, 0.29) is 6.79 Å². The van der Waals surface area contributed by atoms with Crippen molar-refractivity contribution in [1.29, 1.82) is 0 Å². The minimum Gasteiger partial charge on any atom is -0.496 e. The summed E-state index contributed by atoms with van der Waals surface area (Å²) >= 11 is 0. The first-order chi connectivity index (χ1) is 12.2. The Morgan fingerprint density at radius 2 is 1.88 bits per heavy atom. The third-order valence-corrected chi connectivity index (χ3v) is 5.71. The highest BCUT2D eigenvalue weighted by Crippen LogP contribution is 2.57. The molecule has 5 heteroatoms. The maximum Gasteiger partial charge on any atom is 0.231 e. The standard InChI is InChI=1S/C20H21NO4/c1-21-7-6-11-8-16-20(25-10-24-16)19-17(11)13(21)9-12-14(22-2)4-5-15(23-3)18(12)19/h4-5,8,13H,6-7,9-10H2,1-3H3/t13-/m1/s1. The lowest BCUT2D eigenvalue weighted by Gasteiger charge is -2.40. The summed E-state index contributed by atoms with van der Waals surface area (Å²) in [5.41, 5.74) is 6.11. The lowest BCUT2D eigenvalue weighted by molar-refractivity contribution is 0.174. The molecule has 0 spiro atoms. The van der Waals surface area contributed by atoms with Gasteiger partial charge < -0.3 is 18.9 Å². The Labute approximate surface area is 147 Å². The highest BCUT2D eigenvalue weighted by Gasteiger charge is 2.40. The normalized spacial score (nSPS) is 20.0. The number of likely N-dealkylation sites (N-methyl/N-ethyl adjacent to an activating group) is 1. The van der Waals surface area contributed by atoms with Crippen LogP contribution in [0.4, 0.5) is 0 Å². The first-order valence-corrected chi connectivity index (χ1v) is 8.62. The van der Waals surface area contributed by atoms with Crippen LogP contribution in [0.2, 0.25) is 0 Å². The predicted octanol–water partition coefficient (Wildman–Crippen LogP) is 3.18. The van der Waals surface area contributed by atoms with E-state index in [9.17, 15) is 0 Å². The van der Waals surface area contributed by atoms with Gasteiger partial charge in [0.2, 0.25) is 6.79 Å². The van der Waals surface area contributed by atoms with Crippen LogP contribution in [0.5, 0.6) is 23.0 Å². The van der Waals surface area contributed by atoms with Gasteiger partial charge in [0.25, 0.3) is 0 Å². The molecule has 2 aromatic rings. The van der Waals surface area contributed by atoms with Crippen molar-refractivity contribution in [3.63, 3.8) is 0 Å². The van der Waals surface area contributed by atoms with Gasteiger partial charge in [-0.05, 0) is 49.2 Å². The van der Waals surface area contributed by atoms with Gasteiger partial charge in [0.1, 0.15) is 11.5 Å². The fraction of sp³-hybridized carbons (Fsp3) is 0.400. The average molecular weight is 339 g/mol. The Bertz CT molecular complexity index is 877. The molecule has 1 atom stereocenters. The molecule has 0 aromatic heterocycles. The number of hydrogen-bond acceptors (Lipinski definition) is 5. The van der Waals surface area contributed by atoms with E-state index in [1.54, 1.807) is 14.2 Å². The number of hydrogen-bond donors (Lipinski definition) is 0. The smallest absolute Gasteiger partial charge is 0.231 e. The zero-order chi connectivity index (χ0) is 17.1. The molecule has 0 unspecified atom stereocenters. The topological polar surface area (TPSA) is 40.2 Å². The lowest BCUT2D eigenvalue weighted by Crippen LogP contribution is -2.35. The van der Waals surface area contributed by atoms with E-state index < -0.39 is 0 Å². The van der Waals surface area contributed by atoms with Gasteiger partial charge >= 0.3 is 0 Å². The molecule has 2 aromatic carbocycles. The first kappa shape index (κ1) is 14.9. The molecular formula is C20H21NO4. The van der Waals surface area contributed by atoms with Crippen molar-refractivity contribution in [2.75, 3.05) is 34.6 Å². The molecule has 0 bridgehead atoms. The summed E-state index contributed by atoms with van der Waals surface area (Å²) in [4.78, 5) is 2.43. The largest absolute Gasteiger partial charge is 0.496 e. The number of nitrogens with zero attached hydrogens (tertiary/aromatic N) is 1. The molecule has 130 valence electrons. The Balaban J connectivity index is 1.90. The van der Waals surface area contributed by atoms with Crippen molar-refractivity contribution in [3.8, 4) is 34.1 Å². The van der Waals surface area contributed by atoms with Gasteiger partial charge in [-0.15, -0.1) is 0 Å². The second-order valence-electron chi connectivity index (χ2n) is 6.83. The van der Waals surface area contributed by atoms with Gasteiger partial charge in [-0.3, -0.25) is 4.90 Å². The highest BCUT2D eigenvalue weighted by molar-refractivity contribution is 5.88. The van der Waals surface area contributed by atoms with E-state index in [1.165, 1.54) is 16.7 Å². The Hall–Kier alpha value is -2.40. The minimum atomic E-state index is 0.271. The third-order valence-electron chi connectivity index (χ3n) is 5.71. The molecule has 5 rings (SSSR count). The van der Waals surface area contributed by atoms with Crippen molar-refractivity contribution in [2.45, 2.75) is 18.9 Å². The van der Waals surface area contributed by atoms with Crippen molar-refractivity contribution < 1.29 is 18.9 Å². The fourth-order valence-electron chi connectivity index (χ4n) is 4.52. The highest BCUT2D eigenvalue weighted by atomic mass is 16.7. The summed E-state index contributed by atoms with van der Waals surface area (Å²) in [7, 11) is 5.63. The van der Waals surface area contributed by atoms with E-state index >= 15 is 0 Å². The zero-order valence-corrected chi connectivity index (χ0v) is 14.7. The van der Waals surface area contributed by atoms with Crippen molar-refractivity contribution in [3.05, 3.63) is 34.9 Å². The van der Waals surface area contributed by atoms with Gasteiger partial charge in [0, 0.05) is 29.3 Å². The minimum absolute atomic E-state index is 0.271. The van der Waals surface area contributed by atoms with Gasteiger partial charge in [0.05, 0.1) is 14.2 Å². The monoisotopic (exact) mass is 339 g/mol. The Morgan fingerprint density at radius 1 is 1.08 bits per heavy atom. The van der Waals surface area contributed by atoms with Crippen molar-refractivity contribution in [1.82, 2.24) is 4.90 Å². The summed E-state index contributed by atoms with van der Waals surface area (Å²) in [5, 5.41) is 0. The molecule has 0 N–H and O–H groups in total. The van der Waals surface area contributed by atoms with Crippen LogP contribution in [0.1, 0.15) is 22.7 Å². The van der Waals surface area contributed by atoms with Crippen molar-refractivity contribution >= 4 is 0 Å². The molecule has 25 heavy (non-hydrogen) atoms. The van der Waals surface area contributed by atoms with Crippen LogP contribution in [0, 0.1) is 0 Å². The van der Waals surface area contributed by atoms with Crippen LogP contribution < -0.4 is 18.9 Å². The van der Waals surface area contributed by atoms with Gasteiger partial charge in [-0.1, -0.05) is 0 Å². The first-order valence-electron chi connectivity index (χ1n) is 8.62. The molecule has 0 radical (unpaired) electrons. The van der Waals surface area contributed by atoms with Gasteiger partial charge in [-0.25, -0.2) is 0 Å². The summed E-state index contributed by atoms with van der Waals surface area (Å²) in [6.07, 6.45) is 1.93. The summed E-state index contributed by atoms with van der Waals surface area (Å²) in [6.45, 7) is 1.31. The number of benzene rings is 2. The molecule has 0 saturated carbocycles. The molecule has 0 fully saturated rings. The van der Waals surface area contributed by atoms with E-state index in [4.69, 9.17) is 18.9 Å². The van der Waals surface area contributed by atoms with E-state index in [0.717, 1.165) is 53.5 Å². The van der Waals surface area contributed by atoms with E-state index in [0.29, 0.717) is 6.04 Å². The number of fused-ring (bicyclic) bond motifs is 4.